The number of alkyl halides is 5. The van der Waals surface area contributed by atoms with Gasteiger partial charge in [-0.25, -0.2) is 13.2 Å². The standard InChI is InChI=1S/C23H20Cl2F6N2O3/c1-11(32-20(34)22(4-5-22)33-21(35)23(29,30)31)15-3-2-12(6-18(15)28)16-7-13(24)8-17(25)19(16)36-14(9-26)10-27/h2-3,6-8,11,14H,4-5,9-10H2,1H3,(H,32,34)(H,33,35)/t11-/m1/s1. The van der Waals surface area contributed by atoms with E-state index >= 15 is 4.39 Å². The first-order valence-corrected chi connectivity index (χ1v) is 11.3. The lowest BCUT2D eigenvalue weighted by atomic mass is 9.99. The molecule has 0 saturated heterocycles. The molecule has 5 nitrogen and oxygen atoms in total. The fourth-order valence-electron chi connectivity index (χ4n) is 3.45. The fourth-order valence-corrected chi connectivity index (χ4v) is 3.98. The Morgan fingerprint density at radius 1 is 1.11 bits per heavy atom. The zero-order chi connectivity index (χ0) is 26.8. The lowest BCUT2D eigenvalue weighted by molar-refractivity contribution is -0.175. The zero-order valence-corrected chi connectivity index (χ0v) is 20.1. The van der Waals surface area contributed by atoms with Crippen LogP contribution < -0.4 is 15.4 Å². The van der Waals surface area contributed by atoms with Crippen molar-refractivity contribution in [3.63, 3.8) is 0 Å². The Morgan fingerprint density at radius 3 is 2.28 bits per heavy atom. The Balaban J connectivity index is 1.82. The summed E-state index contributed by atoms with van der Waals surface area (Å²) in [7, 11) is 0. The van der Waals surface area contributed by atoms with Crippen molar-refractivity contribution in [3.8, 4) is 16.9 Å². The molecular formula is C23H20Cl2F6N2O3. The minimum Gasteiger partial charge on any atom is -0.483 e. The van der Waals surface area contributed by atoms with Gasteiger partial charge in [0.05, 0.1) is 11.1 Å². The normalized spacial score (nSPS) is 15.4. The Labute approximate surface area is 212 Å². The van der Waals surface area contributed by atoms with Crippen molar-refractivity contribution in [1.82, 2.24) is 10.6 Å². The molecule has 0 aliphatic heterocycles. The van der Waals surface area contributed by atoms with Gasteiger partial charge < -0.3 is 15.4 Å². The van der Waals surface area contributed by atoms with Crippen LogP contribution >= 0.6 is 23.2 Å². The minimum atomic E-state index is -5.15. The van der Waals surface area contributed by atoms with Crippen molar-refractivity contribution in [2.75, 3.05) is 13.3 Å². The molecule has 3 rings (SSSR count). The van der Waals surface area contributed by atoms with Gasteiger partial charge in [-0.3, -0.25) is 9.59 Å². The van der Waals surface area contributed by atoms with E-state index < -0.39 is 54.8 Å². The summed E-state index contributed by atoms with van der Waals surface area (Å²) in [5.74, 6) is -4.03. The monoisotopic (exact) mass is 556 g/mol. The molecule has 196 valence electrons. The highest BCUT2D eigenvalue weighted by atomic mass is 35.5. The van der Waals surface area contributed by atoms with Gasteiger partial charge in [0.15, 0.2) is 6.10 Å². The number of hydrogen-bond acceptors (Lipinski definition) is 3. The lowest BCUT2D eigenvalue weighted by Gasteiger charge is -2.22. The van der Waals surface area contributed by atoms with Crippen LogP contribution in [0, 0.1) is 5.82 Å². The Morgan fingerprint density at radius 2 is 1.75 bits per heavy atom. The van der Waals surface area contributed by atoms with Crippen LogP contribution in [-0.4, -0.2) is 43.0 Å². The van der Waals surface area contributed by atoms with E-state index in [4.69, 9.17) is 27.9 Å². The maximum atomic E-state index is 15.0. The summed E-state index contributed by atoms with van der Waals surface area (Å²) in [4.78, 5) is 23.8. The van der Waals surface area contributed by atoms with E-state index in [2.05, 4.69) is 5.32 Å². The number of ether oxygens (including phenoxy) is 1. The van der Waals surface area contributed by atoms with E-state index in [9.17, 15) is 31.5 Å². The highest BCUT2D eigenvalue weighted by Gasteiger charge is 2.55. The molecule has 2 N–H and O–H groups in total. The Kier molecular flexibility index (Phi) is 8.34. The average Bonchev–Trinajstić information content (AvgIpc) is 3.58. The predicted molar refractivity (Wildman–Crippen MR) is 121 cm³/mol. The second kappa shape index (κ2) is 10.8. The molecule has 0 radical (unpaired) electrons. The molecule has 2 aromatic rings. The number of amides is 2. The smallest absolute Gasteiger partial charge is 0.471 e. The summed E-state index contributed by atoms with van der Waals surface area (Å²) < 4.78 is 84.1. The van der Waals surface area contributed by atoms with Crippen molar-refractivity contribution < 1.29 is 40.7 Å². The number of carbonyl (C=O) groups excluding carboxylic acids is 2. The van der Waals surface area contributed by atoms with Crippen LogP contribution in [-0.2, 0) is 9.59 Å². The highest BCUT2D eigenvalue weighted by molar-refractivity contribution is 6.36. The number of benzene rings is 2. The predicted octanol–water partition coefficient (Wildman–Crippen LogP) is 5.87. The topological polar surface area (TPSA) is 67.4 Å². The first kappa shape index (κ1) is 27.9. The molecule has 2 amide bonds. The van der Waals surface area contributed by atoms with Crippen molar-refractivity contribution >= 4 is 35.0 Å². The number of carbonyl (C=O) groups is 2. The SMILES string of the molecule is C[C@@H](NC(=O)C1(NC(=O)C(F)(F)F)CC1)c1ccc(-c2cc(Cl)cc(Cl)c2OC(CF)CF)cc1F. The molecule has 13 heteroatoms. The summed E-state index contributed by atoms with van der Waals surface area (Å²) in [6.07, 6.45) is -6.57. The molecular weight excluding hydrogens is 537 g/mol. The van der Waals surface area contributed by atoms with Crippen molar-refractivity contribution in [2.45, 2.75) is 43.6 Å². The van der Waals surface area contributed by atoms with Gasteiger partial charge in [0.25, 0.3) is 0 Å². The first-order valence-electron chi connectivity index (χ1n) is 10.6. The van der Waals surface area contributed by atoms with E-state index in [0.29, 0.717) is 0 Å². The molecule has 0 aromatic heterocycles. The van der Waals surface area contributed by atoms with Crippen LogP contribution in [0.2, 0.25) is 10.0 Å². The van der Waals surface area contributed by atoms with Gasteiger partial charge in [0, 0.05) is 16.1 Å². The van der Waals surface area contributed by atoms with Crippen LogP contribution in [0.4, 0.5) is 26.3 Å². The number of nitrogens with one attached hydrogen (secondary N) is 2. The third-order valence-corrected chi connectivity index (χ3v) is 6.06. The molecule has 1 aliphatic rings. The van der Waals surface area contributed by atoms with E-state index in [-0.39, 0.29) is 45.3 Å². The van der Waals surface area contributed by atoms with Gasteiger partial charge in [-0.2, -0.15) is 13.2 Å². The molecule has 0 unspecified atom stereocenters. The molecule has 1 fully saturated rings. The van der Waals surface area contributed by atoms with Gasteiger partial charge in [0.1, 0.15) is 30.5 Å². The van der Waals surface area contributed by atoms with Crippen molar-refractivity contribution in [2.24, 2.45) is 0 Å². The number of halogens is 8. The highest BCUT2D eigenvalue weighted by Crippen LogP contribution is 2.41. The summed E-state index contributed by atoms with van der Waals surface area (Å²) >= 11 is 12.2. The number of rotatable bonds is 9. The molecule has 2 aromatic carbocycles. The maximum Gasteiger partial charge on any atom is 0.471 e. The van der Waals surface area contributed by atoms with Gasteiger partial charge in [-0.05, 0) is 43.5 Å². The van der Waals surface area contributed by atoms with Gasteiger partial charge in [-0.1, -0.05) is 35.3 Å². The van der Waals surface area contributed by atoms with Crippen LogP contribution in [0.25, 0.3) is 11.1 Å². The first-order chi connectivity index (χ1) is 16.8. The summed E-state index contributed by atoms with van der Waals surface area (Å²) in [5.41, 5.74) is -1.36. The Bertz CT molecular complexity index is 1150. The van der Waals surface area contributed by atoms with Crippen LogP contribution in [0.15, 0.2) is 30.3 Å². The van der Waals surface area contributed by atoms with Crippen molar-refractivity contribution in [1.29, 1.82) is 0 Å². The summed E-state index contributed by atoms with van der Waals surface area (Å²) in [6, 6.07) is 5.48. The van der Waals surface area contributed by atoms with Gasteiger partial charge in [0.2, 0.25) is 5.91 Å². The van der Waals surface area contributed by atoms with Crippen LogP contribution in [0.1, 0.15) is 31.4 Å². The van der Waals surface area contributed by atoms with Gasteiger partial charge in [-0.15, -0.1) is 0 Å². The molecule has 0 spiro atoms. The zero-order valence-electron chi connectivity index (χ0n) is 18.6. The molecule has 1 aliphatic carbocycles. The number of hydrogen-bond donors (Lipinski definition) is 2. The third-order valence-electron chi connectivity index (χ3n) is 5.56. The largest absolute Gasteiger partial charge is 0.483 e. The fraction of sp³-hybridized carbons (Fsp3) is 0.391. The molecule has 36 heavy (non-hydrogen) atoms. The summed E-state index contributed by atoms with van der Waals surface area (Å²) in [5, 5.41) is 4.21. The van der Waals surface area contributed by atoms with E-state index in [1.54, 1.807) is 5.32 Å². The van der Waals surface area contributed by atoms with Crippen molar-refractivity contribution in [3.05, 3.63) is 51.8 Å². The van der Waals surface area contributed by atoms with Crippen LogP contribution in [0.3, 0.4) is 0 Å². The van der Waals surface area contributed by atoms with E-state index in [0.717, 1.165) is 6.07 Å². The lowest BCUT2D eigenvalue weighted by Crippen LogP contribution is -2.53. The molecule has 0 bridgehead atoms. The van der Waals surface area contributed by atoms with E-state index in [1.807, 2.05) is 0 Å². The average molecular weight is 557 g/mol. The van der Waals surface area contributed by atoms with Gasteiger partial charge >= 0.3 is 12.1 Å². The second-order valence-corrected chi connectivity index (χ2v) is 9.12. The summed E-state index contributed by atoms with van der Waals surface area (Å²) in [6.45, 7) is -0.857. The van der Waals surface area contributed by atoms with E-state index in [1.165, 1.54) is 31.2 Å². The maximum absolute atomic E-state index is 15.0. The second-order valence-electron chi connectivity index (χ2n) is 8.28. The molecule has 1 saturated carbocycles. The molecule has 1 atom stereocenters. The quantitative estimate of drug-likeness (QED) is 0.379. The Hall–Kier alpha value is -2.66. The minimum absolute atomic E-state index is 0.00580. The van der Waals surface area contributed by atoms with Crippen LogP contribution in [0.5, 0.6) is 5.75 Å². The molecule has 0 heterocycles. The third kappa shape index (κ3) is 6.18.